The van der Waals surface area contributed by atoms with E-state index in [1.807, 2.05) is 0 Å². The van der Waals surface area contributed by atoms with Crippen molar-refractivity contribution in [3.05, 3.63) is 34.4 Å². The van der Waals surface area contributed by atoms with Gasteiger partial charge in [-0.3, -0.25) is 43.7 Å². The molecular formula is C32H39NO20. The highest BCUT2D eigenvalue weighted by Crippen LogP contribution is 2.45. The third-order valence-electron chi connectivity index (χ3n) is 8.23. The number of ketones is 3. The molecular weight excluding hydrogens is 718 g/mol. The number of non-ortho nitro benzene ring substituents is 1. The zero-order chi connectivity index (χ0) is 40.2. The fourth-order valence-corrected chi connectivity index (χ4v) is 5.82. The van der Waals surface area contributed by atoms with Gasteiger partial charge in [0.25, 0.3) is 5.69 Å². The first-order valence-corrected chi connectivity index (χ1v) is 15.7. The smallest absolute Gasteiger partial charge is 0.303 e. The number of nitro benzene ring substituents is 1. The number of nitrogens with zero attached hydrogens (tertiary/aromatic N) is 1. The fraction of sp³-hybridized carbons (Fsp3) is 0.594. The van der Waals surface area contributed by atoms with E-state index in [0.717, 1.165) is 65.8 Å². The minimum absolute atomic E-state index is 0.318. The van der Waals surface area contributed by atoms with Crippen molar-refractivity contribution in [2.75, 3.05) is 6.61 Å². The SMILES string of the molecule is CC(=O)OC[C@H]1O[C@@H](O[C@@H]2[C@@H](C(O)C(C)=O)O[C@H](Oc3ccc([N+](=O)[O-])cc3)[C@@](O)(C(C)=O)[C@]2(O)C(C)=O)[C@H](OC(C)=O)[C@@H](OC(C)=O)[C@@H]1OC(C)=O. The monoisotopic (exact) mass is 757 g/mol. The Bertz CT molecular complexity index is 1610. The van der Waals surface area contributed by atoms with Crippen LogP contribution in [-0.2, 0) is 66.7 Å². The fourth-order valence-electron chi connectivity index (χ4n) is 5.82. The summed E-state index contributed by atoms with van der Waals surface area (Å²) in [6, 6.07) is 3.98. The molecule has 0 radical (unpaired) electrons. The van der Waals surface area contributed by atoms with Gasteiger partial charge in [-0.1, -0.05) is 0 Å². The maximum absolute atomic E-state index is 13.5. The molecule has 1 aromatic rings. The van der Waals surface area contributed by atoms with Crippen LogP contribution in [-0.4, -0.2) is 135 Å². The lowest BCUT2D eigenvalue weighted by atomic mass is 9.68. The molecule has 0 aliphatic carbocycles. The van der Waals surface area contributed by atoms with E-state index < -0.39 is 125 Å². The summed E-state index contributed by atoms with van der Waals surface area (Å²) in [5, 5.41) is 46.5. The number of ether oxygens (including phenoxy) is 8. The predicted molar refractivity (Wildman–Crippen MR) is 167 cm³/mol. The highest BCUT2D eigenvalue weighted by molar-refractivity contribution is 5.99. The molecule has 53 heavy (non-hydrogen) atoms. The number of rotatable bonds is 14. The Morgan fingerprint density at radius 2 is 1.28 bits per heavy atom. The lowest BCUT2D eigenvalue weighted by molar-refractivity contribution is -0.385. The van der Waals surface area contributed by atoms with Gasteiger partial charge in [-0.25, -0.2) is 0 Å². The number of hydrogen-bond acceptors (Lipinski definition) is 20. The van der Waals surface area contributed by atoms with Gasteiger partial charge in [0.2, 0.25) is 11.9 Å². The second-order valence-electron chi connectivity index (χ2n) is 12.1. The number of esters is 4. The predicted octanol–water partition coefficient (Wildman–Crippen LogP) is -1.24. The summed E-state index contributed by atoms with van der Waals surface area (Å²) in [5.41, 5.74) is -7.42. The first-order valence-electron chi connectivity index (χ1n) is 15.7. The molecule has 0 bridgehead atoms. The zero-order valence-electron chi connectivity index (χ0n) is 29.4. The Kier molecular flexibility index (Phi) is 13.5. The van der Waals surface area contributed by atoms with Crippen molar-refractivity contribution in [3.63, 3.8) is 0 Å². The number of carbonyl (C=O) groups is 7. The van der Waals surface area contributed by atoms with E-state index in [0.29, 0.717) is 6.92 Å². The van der Waals surface area contributed by atoms with Gasteiger partial charge in [-0.2, -0.15) is 0 Å². The van der Waals surface area contributed by atoms with E-state index >= 15 is 0 Å². The van der Waals surface area contributed by atoms with Crippen LogP contribution in [0, 0.1) is 10.1 Å². The van der Waals surface area contributed by atoms with Crippen molar-refractivity contribution >= 4 is 46.9 Å². The summed E-state index contributed by atoms with van der Waals surface area (Å²) < 4.78 is 44.2. The molecule has 0 spiro atoms. The van der Waals surface area contributed by atoms with Crippen molar-refractivity contribution in [1.29, 1.82) is 0 Å². The molecule has 11 atom stereocenters. The van der Waals surface area contributed by atoms with Gasteiger partial charge in [0, 0.05) is 39.8 Å². The topological polar surface area (TPSA) is 297 Å². The van der Waals surface area contributed by atoms with Gasteiger partial charge in [0.1, 0.15) is 36.8 Å². The van der Waals surface area contributed by atoms with Crippen LogP contribution in [0.3, 0.4) is 0 Å². The first-order chi connectivity index (χ1) is 24.6. The summed E-state index contributed by atoms with van der Waals surface area (Å²) in [5.74, 6) is -8.16. The zero-order valence-corrected chi connectivity index (χ0v) is 29.4. The Morgan fingerprint density at radius 3 is 1.74 bits per heavy atom. The van der Waals surface area contributed by atoms with Crippen LogP contribution in [0.25, 0.3) is 0 Å². The number of Topliss-reactive ketones (excluding diaryl/α,β-unsaturated/α-hetero) is 3. The van der Waals surface area contributed by atoms with Gasteiger partial charge in [-0.05, 0) is 32.9 Å². The highest BCUT2D eigenvalue weighted by atomic mass is 16.8. The van der Waals surface area contributed by atoms with E-state index in [1.54, 1.807) is 0 Å². The average molecular weight is 758 g/mol. The summed E-state index contributed by atoms with van der Waals surface area (Å²) in [4.78, 5) is 98.4. The van der Waals surface area contributed by atoms with Gasteiger partial charge in [-0.15, -0.1) is 0 Å². The third kappa shape index (κ3) is 9.00. The molecule has 0 saturated carbocycles. The Morgan fingerprint density at radius 1 is 0.774 bits per heavy atom. The van der Waals surface area contributed by atoms with Gasteiger partial charge in [0.15, 0.2) is 47.6 Å². The second kappa shape index (κ2) is 16.8. The third-order valence-corrected chi connectivity index (χ3v) is 8.23. The number of carbonyl (C=O) groups excluding carboxylic acids is 7. The molecule has 3 rings (SSSR count). The molecule has 2 saturated heterocycles. The van der Waals surface area contributed by atoms with Crippen LogP contribution in [0.1, 0.15) is 48.5 Å². The van der Waals surface area contributed by atoms with Crippen LogP contribution in [0.15, 0.2) is 24.3 Å². The van der Waals surface area contributed by atoms with Crippen molar-refractivity contribution in [1.82, 2.24) is 0 Å². The maximum atomic E-state index is 13.5. The summed E-state index contributed by atoms with van der Waals surface area (Å²) in [6.07, 6.45) is -18.9. The second-order valence-corrected chi connectivity index (χ2v) is 12.1. The quantitative estimate of drug-likeness (QED) is 0.0865. The molecule has 0 aromatic heterocycles. The van der Waals surface area contributed by atoms with Crippen LogP contribution in [0.2, 0.25) is 0 Å². The van der Waals surface area contributed by atoms with Crippen molar-refractivity contribution in [2.24, 2.45) is 0 Å². The standard InChI is InChI=1S/C32H39NO20/c1-13(34)23(41)25-28(31(42,14(2)35)32(43,15(3)36)30(52-25)50-21-10-8-20(9-11-21)33(44)45)53-29-27(49-19(7)40)26(48-18(6)39)24(47-17(5)38)22(51-29)12-46-16(4)37/h8-11,22-30,41-43H,12H2,1-7H3/t22-,23?,24-,25-,26+,27-,28-,29+,30+,31+,32+/m1/s1. The first kappa shape index (κ1) is 42.5. The van der Waals surface area contributed by atoms with Crippen LogP contribution >= 0.6 is 0 Å². The van der Waals surface area contributed by atoms with Crippen molar-refractivity contribution < 1.29 is 91.7 Å². The molecule has 1 unspecified atom stereocenters. The summed E-state index contributed by atoms with van der Waals surface area (Å²) in [7, 11) is 0. The molecule has 2 aliphatic rings. The molecule has 0 amide bonds. The Labute approximate surface area is 300 Å². The molecule has 21 nitrogen and oxygen atoms in total. The van der Waals surface area contributed by atoms with Crippen LogP contribution in [0.4, 0.5) is 5.69 Å². The molecule has 3 N–H and O–H groups in total. The largest absolute Gasteiger partial charge is 0.463 e. The van der Waals surface area contributed by atoms with E-state index in [9.17, 15) is 59.0 Å². The number of aliphatic hydroxyl groups excluding tert-OH is 1. The minimum Gasteiger partial charge on any atom is -0.463 e. The van der Waals surface area contributed by atoms with E-state index in [-0.39, 0.29) is 5.75 Å². The highest BCUT2D eigenvalue weighted by Gasteiger charge is 2.73. The molecule has 2 heterocycles. The van der Waals surface area contributed by atoms with Gasteiger partial charge in [0.05, 0.1) is 4.92 Å². The summed E-state index contributed by atoms with van der Waals surface area (Å²) in [6.45, 7) is 5.36. The number of hydrogen-bond donors (Lipinski definition) is 3. The Balaban J connectivity index is 2.27. The number of benzene rings is 1. The van der Waals surface area contributed by atoms with Gasteiger partial charge < -0.3 is 53.2 Å². The number of nitro groups is 1. The minimum atomic E-state index is -3.55. The maximum Gasteiger partial charge on any atom is 0.303 e. The van der Waals surface area contributed by atoms with E-state index in [4.69, 9.17) is 37.9 Å². The number of aliphatic hydroxyl groups is 3. The molecule has 2 aliphatic heterocycles. The van der Waals surface area contributed by atoms with Crippen molar-refractivity contribution in [3.8, 4) is 5.75 Å². The molecule has 1 aromatic carbocycles. The lowest BCUT2D eigenvalue weighted by Crippen LogP contribution is -2.82. The Hall–Kier alpha value is -4.93. The lowest BCUT2D eigenvalue weighted by Gasteiger charge is -2.55. The molecule has 21 heteroatoms. The molecule has 2 fully saturated rings. The van der Waals surface area contributed by atoms with E-state index in [1.165, 1.54) is 0 Å². The van der Waals surface area contributed by atoms with Gasteiger partial charge >= 0.3 is 23.9 Å². The average Bonchev–Trinajstić information content (AvgIpc) is 3.05. The normalized spacial score (nSPS) is 31.6. The van der Waals surface area contributed by atoms with Crippen LogP contribution < -0.4 is 4.74 Å². The van der Waals surface area contributed by atoms with E-state index in [2.05, 4.69) is 0 Å². The summed E-state index contributed by atoms with van der Waals surface area (Å²) >= 11 is 0. The van der Waals surface area contributed by atoms with Crippen LogP contribution in [0.5, 0.6) is 5.75 Å². The van der Waals surface area contributed by atoms with Crippen molar-refractivity contribution in [2.45, 2.75) is 115 Å². The molecule has 292 valence electrons.